The van der Waals surface area contributed by atoms with E-state index in [0.29, 0.717) is 39.6 Å². The number of benzene rings is 1. The van der Waals surface area contributed by atoms with E-state index in [1.54, 1.807) is 36.5 Å². The molecule has 0 bridgehead atoms. The van der Waals surface area contributed by atoms with E-state index in [0.717, 1.165) is 0 Å². The first kappa shape index (κ1) is 16.6. The molecule has 116 valence electrons. The largest absolute Gasteiger partial charge is 0.353 e. The third-order valence-corrected chi connectivity index (χ3v) is 3.53. The summed E-state index contributed by atoms with van der Waals surface area (Å²) < 4.78 is 0. The van der Waals surface area contributed by atoms with E-state index in [-0.39, 0.29) is 5.91 Å². The summed E-state index contributed by atoms with van der Waals surface area (Å²) in [5.74, 6) is 0.176. The molecular weight excluding hydrogens is 321 g/mol. The zero-order valence-electron chi connectivity index (χ0n) is 12.4. The van der Waals surface area contributed by atoms with Crippen LogP contribution >= 0.6 is 23.2 Å². The maximum absolute atomic E-state index is 12.0. The van der Waals surface area contributed by atoms with Crippen molar-refractivity contribution in [2.24, 2.45) is 5.92 Å². The number of carbonyl (C=O) groups excluding carboxylic acids is 1. The molecule has 0 saturated heterocycles. The minimum atomic E-state index is -0.206. The molecule has 22 heavy (non-hydrogen) atoms. The van der Waals surface area contributed by atoms with Crippen LogP contribution in [0.2, 0.25) is 10.0 Å². The zero-order chi connectivity index (χ0) is 16.1. The highest BCUT2D eigenvalue weighted by Crippen LogP contribution is 2.32. The quantitative estimate of drug-likeness (QED) is 0.843. The van der Waals surface area contributed by atoms with Gasteiger partial charge >= 0.3 is 0 Å². The van der Waals surface area contributed by atoms with Gasteiger partial charge < -0.3 is 10.6 Å². The second kappa shape index (κ2) is 7.47. The van der Waals surface area contributed by atoms with Gasteiger partial charge in [0.15, 0.2) is 0 Å². The summed E-state index contributed by atoms with van der Waals surface area (Å²) in [5, 5.41) is 6.97. The van der Waals surface area contributed by atoms with Crippen LogP contribution in [-0.4, -0.2) is 17.4 Å². The summed E-state index contributed by atoms with van der Waals surface area (Å²) in [7, 11) is 0. The molecule has 1 heterocycles. The van der Waals surface area contributed by atoms with Gasteiger partial charge in [0.25, 0.3) is 5.91 Å². The fourth-order valence-electron chi connectivity index (χ4n) is 1.78. The summed E-state index contributed by atoms with van der Waals surface area (Å²) in [4.78, 5) is 16.1. The van der Waals surface area contributed by atoms with Crippen LogP contribution in [0.25, 0.3) is 0 Å². The SMILES string of the molecule is CC(C)CNC(=O)c1cc(Nc2c(Cl)cccc2Cl)ccn1. The van der Waals surface area contributed by atoms with Gasteiger partial charge in [0.1, 0.15) is 5.69 Å². The number of rotatable bonds is 5. The lowest BCUT2D eigenvalue weighted by Gasteiger charge is -2.11. The van der Waals surface area contributed by atoms with Crippen molar-refractivity contribution in [3.63, 3.8) is 0 Å². The number of halogens is 2. The van der Waals surface area contributed by atoms with Gasteiger partial charge in [0.05, 0.1) is 15.7 Å². The molecule has 0 aliphatic heterocycles. The number of para-hydroxylation sites is 1. The number of hydrogen-bond acceptors (Lipinski definition) is 3. The van der Waals surface area contributed by atoms with Crippen molar-refractivity contribution in [2.75, 3.05) is 11.9 Å². The van der Waals surface area contributed by atoms with Crippen molar-refractivity contribution in [1.29, 1.82) is 0 Å². The van der Waals surface area contributed by atoms with Crippen LogP contribution < -0.4 is 10.6 Å². The van der Waals surface area contributed by atoms with E-state index in [9.17, 15) is 4.79 Å². The molecule has 0 saturated carbocycles. The van der Waals surface area contributed by atoms with Crippen molar-refractivity contribution < 1.29 is 4.79 Å². The Morgan fingerprint density at radius 1 is 1.23 bits per heavy atom. The minimum absolute atomic E-state index is 0.206. The summed E-state index contributed by atoms with van der Waals surface area (Å²) in [6.07, 6.45) is 1.57. The Balaban J connectivity index is 2.17. The molecule has 2 N–H and O–H groups in total. The number of hydrogen-bond donors (Lipinski definition) is 2. The van der Waals surface area contributed by atoms with E-state index in [4.69, 9.17) is 23.2 Å². The van der Waals surface area contributed by atoms with Crippen LogP contribution in [0.1, 0.15) is 24.3 Å². The van der Waals surface area contributed by atoms with Crippen LogP contribution in [0.4, 0.5) is 11.4 Å². The van der Waals surface area contributed by atoms with Crippen molar-refractivity contribution in [2.45, 2.75) is 13.8 Å². The van der Waals surface area contributed by atoms with Crippen LogP contribution in [0.3, 0.4) is 0 Å². The average molecular weight is 338 g/mol. The number of nitrogens with zero attached hydrogens (tertiary/aromatic N) is 1. The van der Waals surface area contributed by atoms with Crippen LogP contribution in [0, 0.1) is 5.92 Å². The number of aromatic nitrogens is 1. The lowest BCUT2D eigenvalue weighted by Crippen LogP contribution is -2.28. The molecule has 0 spiro atoms. The van der Waals surface area contributed by atoms with Gasteiger partial charge in [0, 0.05) is 18.4 Å². The fourth-order valence-corrected chi connectivity index (χ4v) is 2.27. The lowest BCUT2D eigenvalue weighted by molar-refractivity contribution is 0.0944. The smallest absolute Gasteiger partial charge is 0.269 e. The van der Waals surface area contributed by atoms with Crippen LogP contribution in [-0.2, 0) is 0 Å². The molecule has 0 aliphatic carbocycles. The van der Waals surface area contributed by atoms with E-state index < -0.39 is 0 Å². The summed E-state index contributed by atoms with van der Waals surface area (Å²) in [5.41, 5.74) is 1.64. The maximum atomic E-state index is 12.0. The zero-order valence-corrected chi connectivity index (χ0v) is 13.9. The third-order valence-electron chi connectivity index (χ3n) is 2.90. The average Bonchev–Trinajstić information content (AvgIpc) is 2.49. The molecule has 1 aromatic heterocycles. The highest BCUT2D eigenvalue weighted by molar-refractivity contribution is 6.39. The van der Waals surface area contributed by atoms with E-state index in [2.05, 4.69) is 15.6 Å². The Hall–Kier alpha value is -1.78. The van der Waals surface area contributed by atoms with Gasteiger partial charge in [0.2, 0.25) is 0 Å². The predicted molar refractivity (Wildman–Crippen MR) is 91.2 cm³/mol. The number of amides is 1. The Labute approximate surface area is 139 Å². The van der Waals surface area contributed by atoms with Crippen molar-refractivity contribution in [3.8, 4) is 0 Å². The Kier molecular flexibility index (Phi) is 5.63. The number of anilines is 2. The molecule has 0 radical (unpaired) electrons. The van der Waals surface area contributed by atoms with Crippen molar-refractivity contribution in [1.82, 2.24) is 10.3 Å². The number of pyridine rings is 1. The van der Waals surface area contributed by atoms with Crippen molar-refractivity contribution >= 4 is 40.5 Å². The summed E-state index contributed by atoms with van der Waals surface area (Å²) >= 11 is 12.2. The minimum Gasteiger partial charge on any atom is -0.353 e. The van der Waals surface area contributed by atoms with Gasteiger partial charge in [-0.05, 0) is 30.2 Å². The number of nitrogens with one attached hydrogen (secondary N) is 2. The molecular formula is C16H17Cl2N3O. The monoisotopic (exact) mass is 337 g/mol. The van der Waals surface area contributed by atoms with E-state index in [1.165, 1.54) is 0 Å². The molecule has 0 unspecified atom stereocenters. The standard InChI is InChI=1S/C16H17Cl2N3O/c1-10(2)9-20-16(22)14-8-11(6-7-19-14)21-15-12(17)4-3-5-13(15)18/h3-8,10H,9H2,1-2H3,(H,19,21)(H,20,22). The van der Waals surface area contributed by atoms with Gasteiger partial charge in [-0.3, -0.25) is 9.78 Å². The molecule has 6 heteroatoms. The fraction of sp³-hybridized carbons (Fsp3) is 0.250. The van der Waals surface area contributed by atoms with Gasteiger partial charge in [-0.2, -0.15) is 0 Å². The molecule has 1 amide bonds. The normalized spacial score (nSPS) is 10.6. The van der Waals surface area contributed by atoms with Crippen LogP contribution in [0.15, 0.2) is 36.5 Å². The molecule has 1 aromatic carbocycles. The first-order valence-corrected chi connectivity index (χ1v) is 7.68. The third kappa shape index (κ3) is 4.36. The molecule has 4 nitrogen and oxygen atoms in total. The predicted octanol–water partition coefficient (Wildman–Crippen LogP) is 4.52. The number of carbonyl (C=O) groups is 1. The molecule has 2 aromatic rings. The second-order valence-corrected chi connectivity index (χ2v) is 6.07. The highest BCUT2D eigenvalue weighted by atomic mass is 35.5. The first-order chi connectivity index (χ1) is 10.5. The van der Waals surface area contributed by atoms with Gasteiger partial charge in [-0.1, -0.05) is 43.1 Å². The van der Waals surface area contributed by atoms with Crippen molar-refractivity contribution in [3.05, 3.63) is 52.3 Å². The molecule has 0 aliphatic rings. The van der Waals surface area contributed by atoms with E-state index in [1.807, 2.05) is 13.8 Å². The molecule has 0 atom stereocenters. The highest BCUT2D eigenvalue weighted by Gasteiger charge is 2.10. The van der Waals surface area contributed by atoms with Gasteiger partial charge in [-0.25, -0.2) is 0 Å². The Morgan fingerprint density at radius 2 is 1.91 bits per heavy atom. The Morgan fingerprint density at radius 3 is 2.55 bits per heavy atom. The Bertz CT molecular complexity index is 654. The van der Waals surface area contributed by atoms with E-state index >= 15 is 0 Å². The van der Waals surface area contributed by atoms with Crippen LogP contribution in [0.5, 0.6) is 0 Å². The summed E-state index contributed by atoms with van der Waals surface area (Å²) in [6, 6.07) is 8.67. The first-order valence-electron chi connectivity index (χ1n) is 6.92. The topological polar surface area (TPSA) is 54.0 Å². The molecule has 0 fully saturated rings. The lowest BCUT2D eigenvalue weighted by atomic mass is 10.2. The summed E-state index contributed by atoms with van der Waals surface area (Å²) in [6.45, 7) is 4.67. The maximum Gasteiger partial charge on any atom is 0.269 e. The molecule has 2 rings (SSSR count). The second-order valence-electron chi connectivity index (χ2n) is 5.26. The van der Waals surface area contributed by atoms with Gasteiger partial charge in [-0.15, -0.1) is 0 Å².